The normalized spacial score (nSPS) is 16.3. The number of carbonyl (C=O) groups is 4. The van der Waals surface area contributed by atoms with E-state index in [9.17, 15) is 19.2 Å². The minimum Gasteiger partial charge on any atom is -0.483 e. The number of hydrogen-bond acceptors (Lipinski definition) is 13. The summed E-state index contributed by atoms with van der Waals surface area (Å²) in [5, 5.41) is 29.9. The Morgan fingerprint density at radius 1 is 1.00 bits per heavy atom. The fourth-order valence-corrected chi connectivity index (χ4v) is 11.3. The summed E-state index contributed by atoms with van der Waals surface area (Å²) >= 11 is 7.73. The summed E-state index contributed by atoms with van der Waals surface area (Å²) in [4.78, 5) is 60.6. The number of amides is 2. The molecule has 3 aliphatic rings. The van der Waals surface area contributed by atoms with Gasteiger partial charge < -0.3 is 44.9 Å². The van der Waals surface area contributed by atoms with Crippen LogP contribution in [0.25, 0.3) is 26.7 Å². The molecule has 2 fully saturated rings. The fourth-order valence-electron chi connectivity index (χ4n) is 9.92. The number of nitrogens with zero attached hydrogens (tertiary/aromatic N) is 5. The van der Waals surface area contributed by atoms with Crippen LogP contribution in [-0.2, 0) is 16.0 Å². The van der Waals surface area contributed by atoms with Crippen LogP contribution in [0.15, 0.2) is 91.9 Å². The average molecular weight is 1040 g/mol. The lowest BCUT2D eigenvalue weighted by molar-refractivity contribution is -0.122. The van der Waals surface area contributed by atoms with Gasteiger partial charge in [-0.05, 0) is 125 Å². The summed E-state index contributed by atoms with van der Waals surface area (Å²) in [7, 11) is 6.79. The van der Waals surface area contributed by atoms with Gasteiger partial charge in [0.05, 0.1) is 28.1 Å². The molecule has 2 atom stereocenters. The summed E-state index contributed by atoms with van der Waals surface area (Å²) in [6.45, 7) is 13.3. The number of piperidine rings is 2. The highest BCUT2D eigenvalue weighted by molar-refractivity contribution is 7.18. The number of anilines is 3. The molecule has 0 radical (unpaired) electrons. The van der Waals surface area contributed by atoms with Gasteiger partial charge in [0.1, 0.15) is 22.5 Å². The van der Waals surface area contributed by atoms with Crippen LogP contribution in [0.4, 0.5) is 17.1 Å². The van der Waals surface area contributed by atoms with Crippen molar-refractivity contribution in [2.75, 3.05) is 76.8 Å². The Balaban J connectivity index is 0.000000257. The third-order valence-corrected chi connectivity index (χ3v) is 15.4. The van der Waals surface area contributed by atoms with Gasteiger partial charge >= 0.3 is 0 Å². The van der Waals surface area contributed by atoms with Crippen molar-refractivity contribution >= 4 is 80.7 Å². The van der Waals surface area contributed by atoms with Gasteiger partial charge in [-0.15, -0.1) is 17.9 Å². The van der Waals surface area contributed by atoms with Gasteiger partial charge in [-0.2, -0.15) is 0 Å². The van der Waals surface area contributed by atoms with Crippen molar-refractivity contribution in [1.29, 1.82) is 0 Å². The quantitative estimate of drug-likeness (QED) is 0.0486. The summed E-state index contributed by atoms with van der Waals surface area (Å²) < 4.78 is 7.46. The lowest BCUT2D eigenvalue weighted by Gasteiger charge is -2.44. The lowest BCUT2D eigenvalue weighted by atomic mass is 9.85. The van der Waals surface area contributed by atoms with Gasteiger partial charge in [-0.3, -0.25) is 24.1 Å². The molecule has 5 N–H and O–H groups in total. The first-order chi connectivity index (χ1) is 35.4. The molecule has 2 amide bonds. The Bertz CT molecular complexity index is 2820. The molecule has 3 aromatic heterocycles. The first kappa shape index (κ1) is 57.8. The van der Waals surface area contributed by atoms with Crippen LogP contribution in [0.1, 0.15) is 96.5 Å². The lowest BCUT2D eigenvalue weighted by Crippen LogP contribution is -2.50. The van der Waals surface area contributed by atoms with E-state index in [2.05, 4.69) is 101 Å². The maximum atomic E-state index is 13.6. The molecular formula is C56H72ClN7O8S. The average Bonchev–Trinajstić information content (AvgIpc) is 4.09. The van der Waals surface area contributed by atoms with E-state index in [1.165, 1.54) is 28.1 Å². The van der Waals surface area contributed by atoms with E-state index in [0.717, 1.165) is 111 Å². The van der Waals surface area contributed by atoms with Gasteiger partial charge in [0.25, 0.3) is 5.91 Å². The number of likely N-dealkylation sites (N-methyl/N-ethyl adjacent to an activating group) is 1. The minimum atomic E-state index is -0.563. The molecule has 0 saturated carbocycles. The Morgan fingerprint density at radius 3 is 2.38 bits per heavy atom. The monoisotopic (exact) mass is 1040 g/mol. The van der Waals surface area contributed by atoms with E-state index in [0.29, 0.717) is 52.8 Å². The Hall–Kier alpha value is -6.14. The van der Waals surface area contributed by atoms with Crippen molar-refractivity contribution in [2.45, 2.75) is 89.3 Å². The van der Waals surface area contributed by atoms with E-state index in [1.807, 2.05) is 42.7 Å². The molecular weight excluding hydrogens is 966 g/mol. The Morgan fingerprint density at radius 2 is 1.73 bits per heavy atom. The number of halogens is 1. The summed E-state index contributed by atoms with van der Waals surface area (Å²) in [6, 6.07) is 22.5. The third-order valence-electron chi connectivity index (χ3n) is 13.8. The predicted octanol–water partition coefficient (Wildman–Crippen LogP) is 9.04. The van der Waals surface area contributed by atoms with E-state index in [4.69, 9.17) is 31.7 Å². The zero-order chi connectivity index (χ0) is 53.4. The Kier molecular flexibility index (Phi) is 21.5. The number of nitrogens with one attached hydrogen (secondary N) is 2. The van der Waals surface area contributed by atoms with E-state index < -0.39 is 6.04 Å². The number of hydrogen-bond donors (Lipinski definition) is 5. The molecule has 6 heterocycles. The first-order valence-corrected chi connectivity index (χ1v) is 25.8. The van der Waals surface area contributed by atoms with Gasteiger partial charge in [-0.1, -0.05) is 54.9 Å². The highest BCUT2D eigenvalue weighted by Gasteiger charge is 2.39. The zero-order valence-electron chi connectivity index (χ0n) is 43.4. The molecule has 15 nitrogen and oxygen atoms in total. The number of allylic oxidation sites excluding steroid dienone is 1. The number of aliphatic hydroxyl groups is 3. The van der Waals surface area contributed by atoms with Gasteiger partial charge in [0, 0.05) is 88.1 Å². The number of aromatic nitrogens is 2. The Labute approximate surface area is 438 Å². The number of aliphatic hydroxyl groups excluding tert-OH is 3. The van der Waals surface area contributed by atoms with Crippen molar-refractivity contribution in [2.24, 2.45) is 0 Å². The molecule has 0 bridgehead atoms. The maximum Gasteiger partial charge on any atom is 0.259 e. The van der Waals surface area contributed by atoms with Crippen molar-refractivity contribution in [3.8, 4) is 16.2 Å². The molecule has 3 aromatic carbocycles. The van der Waals surface area contributed by atoms with E-state index >= 15 is 0 Å². The zero-order valence-corrected chi connectivity index (χ0v) is 44.9. The van der Waals surface area contributed by atoms with Gasteiger partial charge in [0.15, 0.2) is 18.3 Å². The summed E-state index contributed by atoms with van der Waals surface area (Å²) in [5.74, 6) is 0.444. The van der Waals surface area contributed by atoms with Crippen LogP contribution in [-0.4, -0.2) is 133 Å². The van der Waals surface area contributed by atoms with Crippen LogP contribution in [0.3, 0.4) is 0 Å². The fraction of sp³-hybridized carbons (Fsp3) is 0.411. The largest absolute Gasteiger partial charge is 0.483 e. The molecule has 2 saturated heterocycles. The number of aryl methyl sites for hydroxylation is 1. The van der Waals surface area contributed by atoms with Gasteiger partial charge in [0.2, 0.25) is 5.91 Å². The summed E-state index contributed by atoms with van der Waals surface area (Å²) in [6.07, 6.45) is 13.6. The van der Waals surface area contributed by atoms with Crippen LogP contribution in [0.2, 0.25) is 5.02 Å². The highest BCUT2D eigenvalue weighted by atomic mass is 35.5. The van der Waals surface area contributed by atoms with Crippen molar-refractivity contribution in [1.82, 2.24) is 19.6 Å². The molecule has 3 aliphatic heterocycles. The van der Waals surface area contributed by atoms with Crippen LogP contribution < -0.4 is 25.2 Å². The van der Waals surface area contributed by atoms with Crippen molar-refractivity contribution < 1.29 is 39.2 Å². The number of benzene rings is 3. The molecule has 0 spiro atoms. The number of likely N-dealkylation sites (tertiary alicyclic amines) is 1. The highest BCUT2D eigenvalue weighted by Crippen LogP contribution is 2.46. The number of rotatable bonds is 15. The summed E-state index contributed by atoms with van der Waals surface area (Å²) in [5.41, 5.74) is 8.46. The van der Waals surface area contributed by atoms with Crippen LogP contribution >= 0.6 is 22.9 Å². The number of thiophene rings is 1. The van der Waals surface area contributed by atoms with E-state index in [-0.39, 0.29) is 29.7 Å². The molecule has 73 heavy (non-hydrogen) atoms. The number of aldehydes is 2. The molecule has 392 valence electrons. The number of fused-ring (bicyclic) bond motifs is 1. The molecule has 9 rings (SSSR count). The molecule has 17 heteroatoms. The second-order valence-electron chi connectivity index (χ2n) is 18.3. The van der Waals surface area contributed by atoms with Crippen LogP contribution in [0, 0.1) is 0 Å². The standard InChI is InChI=1S/C32H35N5O2.C21H25ClN2O3S.3CH4O/c1-4-6-10-29(31(38)33-3)37-28-12-11-25(26-8-7-9-27(30(26)28)32(37)39)21-13-15-35(16-14-21)24-18-23-17-22(5-2)34-20-36(23)19-24;1-21(2)12-16(7-8-24(21)3)23-15-6-4-5-14(11-15)20-18(22)19(27-10-9-25)17(13-26)28-20;3*1-2/h4,7-9,11-12,17-21,29H,1,5-6,10,13-16H2,2-3H3,(H,33,38);4-6,9,11,13,16,23H,7-8,10,12H2,1-3H3;3*2H,1H3. The second kappa shape index (κ2) is 27.2. The first-order valence-electron chi connectivity index (χ1n) is 24.6. The van der Waals surface area contributed by atoms with Crippen LogP contribution in [0.5, 0.6) is 5.75 Å². The van der Waals surface area contributed by atoms with Gasteiger partial charge in [-0.25, -0.2) is 4.98 Å². The third kappa shape index (κ3) is 13.0. The molecule has 2 unspecified atom stereocenters. The smallest absolute Gasteiger partial charge is 0.259 e. The van der Waals surface area contributed by atoms with Crippen molar-refractivity contribution in [3.05, 3.63) is 119 Å². The van der Waals surface area contributed by atoms with E-state index in [1.54, 1.807) is 18.0 Å². The maximum absolute atomic E-state index is 13.6. The molecule has 6 aromatic rings. The second-order valence-corrected chi connectivity index (χ2v) is 19.7. The number of ether oxygens (including phenoxy) is 1. The predicted molar refractivity (Wildman–Crippen MR) is 296 cm³/mol. The molecule has 0 aliphatic carbocycles. The number of carbonyl (C=O) groups excluding carboxylic acids is 4. The van der Waals surface area contributed by atoms with Crippen molar-refractivity contribution in [3.63, 3.8) is 0 Å². The topological polar surface area (TPSA) is 189 Å². The minimum absolute atomic E-state index is 0.0956. The SMILES string of the molecule is C=CCCC(C(=O)NC)N1C(=O)c2cccc3c(C4CCN(c5cc6cc(CC)ncn6c5)CC4)ccc1c23.CN1CCC(Nc2cccc(-c3sc(C=O)c(OCC=O)c3Cl)c2)CC1(C)C.CO.CO.CO.